The number of phenols is 1. The van der Waals surface area contributed by atoms with Gasteiger partial charge in [0.05, 0.1) is 16.5 Å². The van der Waals surface area contributed by atoms with Crippen LogP contribution in [0.25, 0.3) is 22.1 Å². The summed E-state index contributed by atoms with van der Waals surface area (Å²) in [6.45, 7) is 0. The Bertz CT molecular complexity index is 957. The molecule has 0 aliphatic rings. The zero-order chi connectivity index (χ0) is 16.6. The number of carboxylic acids is 1. The van der Waals surface area contributed by atoms with Gasteiger partial charge in [-0.05, 0) is 36.1 Å². The standard InChI is InChI=1S/C17H12O5S/c1-23-17-14(9-2-4-10(5-3-9)16(20)21)15(19)12-7-6-11(18)8-13(12)22-17/h2-8,18H,1H3,(H,20,21). The van der Waals surface area contributed by atoms with Crippen molar-refractivity contribution in [3.63, 3.8) is 0 Å². The number of hydrogen-bond donors (Lipinski definition) is 2. The highest BCUT2D eigenvalue weighted by molar-refractivity contribution is 7.98. The highest BCUT2D eigenvalue weighted by Crippen LogP contribution is 2.31. The van der Waals surface area contributed by atoms with Crippen molar-refractivity contribution in [2.75, 3.05) is 6.26 Å². The first-order valence-corrected chi connectivity index (χ1v) is 7.91. The van der Waals surface area contributed by atoms with Gasteiger partial charge in [0, 0.05) is 6.07 Å². The lowest BCUT2D eigenvalue weighted by atomic mass is 10.0. The van der Waals surface area contributed by atoms with Gasteiger partial charge in [-0.15, -0.1) is 0 Å². The molecule has 5 nitrogen and oxygen atoms in total. The summed E-state index contributed by atoms with van der Waals surface area (Å²) in [5.41, 5.74) is 1.20. The van der Waals surface area contributed by atoms with Crippen molar-refractivity contribution in [1.29, 1.82) is 0 Å². The molecule has 0 fully saturated rings. The van der Waals surface area contributed by atoms with Crippen LogP contribution in [-0.2, 0) is 0 Å². The largest absolute Gasteiger partial charge is 0.508 e. The van der Waals surface area contributed by atoms with Gasteiger partial charge in [-0.2, -0.15) is 0 Å². The molecular formula is C17H12O5S. The van der Waals surface area contributed by atoms with Crippen molar-refractivity contribution < 1.29 is 19.4 Å². The molecule has 0 spiro atoms. The van der Waals surface area contributed by atoms with Crippen molar-refractivity contribution in [3.05, 3.63) is 58.3 Å². The molecule has 0 saturated heterocycles. The Kier molecular flexibility index (Phi) is 3.83. The number of phenolic OH excluding ortho intramolecular Hbond substituents is 1. The fraction of sp³-hybridized carbons (Fsp3) is 0.0588. The molecule has 0 bridgehead atoms. The molecule has 1 heterocycles. The summed E-state index contributed by atoms with van der Waals surface area (Å²) in [5, 5.41) is 19.3. The zero-order valence-electron chi connectivity index (χ0n) is 12.1. The summed E-state index contributed by atoms with van der Waals surface area (Å²) in [5.74, 6) is -1.01. The molecule has 0 amide bonds. The predicted octanol–water partition coefficient (Wildman–Crippen LogP) is 3.59. The van der Waals surface area contributed by atoms with Crippen molar-refractivity contribution >= 4 is 28.7 Å². The SMILES string of the molecule is CSc1oc2cc(O)ccc2c(=O)c1-c1ccc(C(=O)O)cc1. The number of carboxylic acid groups (broad SMARTS) is 1. The van der Waals surface area contributed by atoms with E-state index < -0.39 is 5.97 Å². The van der Waals surface area contributed by atoms with Gasteiger partial charge in [-0.3, -0.25) is 4.79 Å². The number of hydrogen-bond acceptors (Lipinski definition) is 5. The summed E-state index contributed by atoms with van der Waals surface area (Å²) >= 11 is 1.27. The number of rotatable bonds is 3. The molecule has 6 heteroatoms. The van der Waals surface area contributed by atoms with Crippen LogP contribution in [0, 0.1) is 0 Å². The minimum Gasteiger partial charge on any atom is -0.508 e. The maximum absolute atomic E-state index is 12.8. The average Bonchev–Trinajstić information content (AvgIpc) is 2.54. The van der Waals surface area contributed by atoms with E-state index in [1.807, 2.05) is 0 Å². The van der Waals surface area contributed by atoms with E-state index in [4.69, 9.17) is 9.52 Å². The Morgan fingerprint density at radius 3 is 2.43 bits per heavy atom. The molecular weight excluding hydrogens is 316 g/mol. The zero-order valence-corrected chi connectivity index (χ0v) is 12.9. The van der Waals surface area contributed by atoms with Crippen LogP contribution < -0.4 is 5.43 Å². The molecule has 23 heavy (non-hydrogen) atoms. The number of carbonyl (C=O) groups is 1. The fourth-order valence-corrected chi connectivity index (χ4v) is 2.92. The minimum absolute atomic E-state index is 0.0197. The van der Waals surface area contributed by atoms with Crippen LogP contribution >= 0.6 is 11.8 Å². The third-order valence-corrected chi connectivity index (χ3v) is 4.11. The van der Waals surface area contributed by atoms with Crippen LogP contribution in [0.4, 0.5) is 0 Å². The molecule has 2 N–H and O–H groups in total. The summed E-state index contributed by atoms with van der Waals surface area (Å²) in [4.78, 5) is 23.7. The summed E-state index contributed by atoms with van der Waals surface area (Å²) in [6.07, 6.45) is 1.78. The molecule has 0 unspecified atom stereocenters. The second-order valence-corrected chi connectivity index (χ2v) is 5.64. The van der Waals surface area contributed by atoms with E-state index in [9.17, 15) is 14.7 Å². The number of benzene rings is 2. The molecule has 2 aromatic carbocycles. The maximum atomic E-state index is 12.8. The quantitative estimate of drug-likeness (QED) is 0.715. The summed E-state index contributed by atoms with van der Waals surface area (Å²) in [6, 6.07) is 10.4. The molecule has 3 aromatic rings. The van der Waals surface area contributed by atoms with E-state index in [0.717, 1.165) is 0 Å². The van der Waals surface area contributed by atoms with E-state index >= 15 is 0 Å². The lowest BCUT2D eigenvalue weighted by Gasteiger charge is -2.08. The van der Waals surface area contributed by atoms with Crippen LogP contribution in [0.15, 0.2) is 56.8 Å². The number of fused-ring (bicyclic) bond motifs is 1. The van der Waals surface area contributed by atoms with Crippen molar-refractivity contribution in [3.8, 4) is 16.9 Å². The highest BCUT2D eigenvalue weighted by Gasteiger charge is 2.16. The molecule has 3 rings (SSSR count). The number of aromatic hydroxyl groups is 1. The van der Waals surface area contributed by atoms with Crippen LogP contribution in [0.5, 0.6) is 5.75 Å². The molecule has 0 aliphatic carbocycles. The maximum Gasteiger partial charge on any atom is 0.335 e. The molecule has 1 aromatic heterocycles. The monoisotopic (exact) mass is 328 g/mol. The van der Waals surface area contributed by atoms with Crippen LogP contribution in [0.1, 0.15) is 10.4 Å². The van der Waals surface area contributed by atoms with Gasteiger partial charge >= 0.3 is 5.97 Å². The molecule has 0 saturated carbocycles. The fourth-order valence-electron chi connectivity index (χ4n) is 2.33. The van der Waals surface area contributed by atoms with Crippen LogP contribution in [0.3, 0.4) is 0 Å². The highest BCUT2D eigenvalue weighted by atomic mass is 32.2. The first-order valence-electron chi connectivity index (χ1n) is 6.69. The number of thioether (sulfide) groups is 1. The van der Waals surface area contributed by atoms with E-state index in [-0.39, 0.29) is 16.7 Å². The Hall–Kier alpha value is -2.73. The summed E-state index contributed by atoms with van der Waals surface area (Å²) < 4.78 is 5.72. The second-order valence-electron chi connectivity index (χ2n) is 4.86. The van der Waals surface area contributed by atoms with Crippen molar-refractivity contribution in [2.24, 2.45) is 0 Å². The summed E-state index contributed by atoms with van der Waals surface area (Å²) in [7, 11) is 0. The average molecular weight is 328 g/mol. The third kappa shape index (κ3) is 2.68. The lowest BCUT2D eigenvalue weighted by molar-refractivity contribution is 0.0697. The lowest BCUT2D eigenvalue weighted by Crippen LogP contribution is -2.07. The van der Waals surface area contributed by atoms with E-state index in [2.05, 4.69) is 0 Å². The van der Waals surface area contributed by atoms with Gasteiger partial charge in [0.2, 0.25) is 5.43 Å². The smallest absolute Gasteiger partial charge is 0.335 e. The normalized spacial score (nSPS) is 10.8. The first-order chi connectivity index (χ1) is 11.0. The predicted molar refractivity (Wildman–Crippen MR) is 88.3 cm³/mol. The Morgan fingerprint density at radius 1 is 1.13 bits per heavy atom. The van der Waals surface area contributed by atoms with Crippen LogP contribution in [-0.4, -0.2) is 22.4 Å². The van der Waals surface area contributed by atoms with Gasteiger partial charge in [0.25, 0.3) is 0 Å². The van der Waals surface area contributed by atoms with Gasteiger partial charge in [0.1, 0.15) is 11.3 Å². The van der Waals surface area contributed by atoms with Crippen molar-refractivity contribution in [1.82, 2.24) is 0 Å². The van der Waals surface area contributed by atoms with E-state index in [1.54, 1.807) is 18.4 Å². The molecule has 0 atom stereocenters. The third-order valence-electron chi connectivity index (χ3n) is 3.45. The number of aromatic carboxylic acids is 1. The first kappa shape index (κ1) is 15.2. The molecule has 116 valence electrons. The second kappa shape index (κ2) is 5.81. The van der Waals surface area contributed by atoms with Crippen LogP contribution in [0.2, 0.25) is 0 Å². The van der Waals surface area contributed by atoms with Gasteiger partial charge in [-0.25, -0.2) is 4.79 Å². The topological polar surface area (TPSA) is 87.7 Å². The Labute approximate surface area is 135 Å². The van der Waals surface area contributed by atoms with Crippen molar-refractivity contribution in [2.45, 2.75) is 5.09 Å². The minimum atomic E-state index is -1.03. The van der Waals surface area contributed by atoms with Gasteiger partial charge < -0.3 is 14.6 Å². The Morgan fingerprint density at radius 2 is 1.83 bits per heavy atom. The van der Waals surface area contributed by atoms with Gasteiger partial charge in [0.15, 0.2) is 5.09 Å². The van der Waals surface area contributed by atoms with Gasteiger partial charge in [-0.1, -0.05) is 23.9 Å². The molecule has 0 aliphatic heterocycles. The Balaban J connectivity index is 2.27. The van der Waals surface area contributed by atoms with E-state index in [0.29, 0.717) is 27.2 Å². The molecule has 0 radical (unpaired) electrons. The van der Waals surface area contributed by atoms with E-state index in [1.165, 1.54) is 42.1 Å².